The number of aryl methyl sites for hydroxylation is 2. The summed E-state index contributed by atoms with van der Waals surface area (Å²) in [6, 6.07) is 12.5. The zero-order valence-corrected chi connectivity index (χ0v) is 17.9. The number of amides is 1. The van der Waals surface area contributed by atoms with E-state index < -0.39 is 0 Å². The number of carbonyl (C=O) groups is 1. The highest BCUT2D eigenvalue weighted by molar-refractivity contribution is 7.99. The lowest BCUT2D eigenvalue weighted by Gasteiger charge is -2.13. The third-order valence-electron chi connectivity index (χ3n) is 4.22. The predicted octanol–water partition coefficient (Wildman–Crippen LogP) is 5.09. The van der Waals surface area contributed by atoms with Crippen LogP contribution in [0.4, 0.5) is 10.1 Å². The van der Waals surface area contributed by atoms with E-state index in [0.717, 1.165) is 16.8 Å². The summed E-state index contributed by atoms with van der Waals surface area (Å²) < 4.78 is 16.2. The molecule has 3 aromatic rings. The first kappa shape index (κ1) is 21.0. The second-order valence-electron chi connectivity index (χ2n) is 7.50. The smallest absolute Gasteiger partial charge is 0.234 e. The number of carbonyl (C=O) groups excluding carboxylic acids is 1. The molecule has 0 aliphatic carbocycles. The molecule has 0 fully saturated rings. The highest BCUT2D eigenvalue weighted by Gasteiger charge is 2.18. The highest BCUT2D eigenvalue weighted by Crippen LogP contribution is 2.27. The van der Waals surface area contributed by atoms with Crippen LogP contribution in [0.3, 0.4) is 0 Å². The van der Waals surface area contributed by atoms with Crippen molar-refractivity contribution in [3.63, 3.8) is 0 Å². The molecule has 0 bridgehead atoms. The fourth-order valence-corrected chi connectivity index (χ4v) is 3.89. The van der Waals surface area contributed by atoms with Gasteiger partial charge in [0.15, 0.2) is 11.0 Å². The number of nitrogens with one attached hydrogen (secondary N) is 1. The molecule has 1 N–H and O–H groups in total. The molecule has 0 aliphatic heterocycles. The van der Waals surface area contributed by atoms with Crippen molar-refractivity contribution >= 4 is 23.4 Å². The Bertz CT molecular complexity index is 996. The van der Waals surface area contributed by atoms with Gasteiger partial charge in [0, 0.05) is 12.2 Å². The second-order valence-corrected chi connectivity index (χ2v) is 8.45. The summed E-state index contributed by atoms with van der Waals surface area (Å²) >= 11 is 1.30. The van der Waals surface area contributed by atoms with E-state index in [1.807, 2.05) is 30.5 Å². The van der Waals surface area contributed by atoms with Crippen LogP contribution in [0.2, 0.25) is 0 Å². The minimum atomic E-state index is -0.339. The second kappa shape index (κ2) is 9.22. The van der Waals surface area contributed by atoms with Gasteiger partial charge < -0.3 is 9.88 Å². The number of hydrogen-bond donors (Lipinski definition) is 1. The molecule has 3 rings (SSSR count). The van der Waals surface area contributed by atoms with E-state index in [1.54, 1.807) is 18.2 Å². The van der Waals surface area contributed by atoms with Crippen molar-refractivity contribution in [1.29, 1.82) is 0 Å². The summed E-state index contributed by atoms with van der Waals surface area (Å²) in [5.74, 6) is 0.537. The van der Waals surface area contributed by atoms with Gasteiger partial charge in [-0.05, 0) is 55.2 Å². The zero-order valence-electron chi connectivity index (χ0n) is 17.1. The van der Waals surface area contributed by atoms with Crippen molar-refractivity contribution in [2.24, 2.45) is 5.92 Å². The van der Waals surface area contributed by atoms with Gasteiger partial charge in [0.2, 0.25) is 5.91 Å². The maximum Gasteiger partial charge on any atom is 0.234 e. The molecule has 0 saturated heterocycles. The van der Waals surface area contributed by atoms with Crippen molar-refractivity contribution in [2.45, 2.75) is 39.4 Å². The summed E-state index contributed by atoms with van der Waals surface area (Å²) in [5, 5.41) is 12.0. The molecular weight excluding hydrogens is 387 g/mol. The standard InChI is InChI=1S/C22H25FN4OS/c1-14(2)12-27-21(18-7-5-6-8-19(18)23)25-26-22(27)29-13-20(28)24-17-10-15(3)9-16(4)11-17/h5-11,14H,12-13H2,1-4H3,(H,24,28). The molecule has 0 atom stereocenters. The number of thioether (sulfide) groups is 1. The zero-order chi connectivity index (χ0) is 21.0. The van der Waals surface area contributed by atoms with Gasteiger partial charge in [-0.25, -0.2) is 4.39 Å². The van der Waals surface area contributed by atoms with Gasteiger partial charge in [-0.1, -0.05) is 43.8 Å². The summed E-state index contributed by atoms with van der Waals surface area (Å²) in [5.41, 5.74) is 3.38. The molecule has 152 valence electrons. The number of anilines is 1. The largest absolute Gasteiger partial charge is 0.325 e. The van der Waals surface area contributed by atoms with E-state index >= 15 is 0 Å². The van der Waals surface area contributed by atoms with Crippen LogP contribution in [0, 0.1) is 25.6 Å². The van der Waals surface area contributed by atoms with Crippen LogP contribution in [-0.4, -0.2) is 26.4 Å². The van der Waals surface area contributed by atoms with Gasteiger partial charge >= 0.3 is 0 Å². The van der Waals surface area contributed by atoms with Crippen molar-refractivity contribution in [3.8, 4) is 11.4 Å². The number of aromatic nitrogens is 3. The lowest BCUT2D eigenvalue weighted by molar-refractivity contribution is -0.113. The molecule has 0 saturated carbocycles. The maximum absolute atomic E-state index is 14.3. The first-order valence-corrected chi connectivity index (χ1v) is 10.5. The molecule has 1 aromatic heterocycles. The van der Waals surface area contributed by atoms with Crippen LogP contribution >= 0.6 is 11.8 Å². The Kier molecular flexibility index (Phi) is 6.69. The van der Waals surface area contributed by atoms with E-state index in [0.29, 0.717) is 29.0 Å². The SMILES string of the molecule is Cc1cc(C)cc(NC(=O)CSc2nnc(-c3ccccc3F)n2CC(C)C)c1. The first-order valence-electron chi connectivity index (χ1n) is 9.52. The third-order valence-corrected chi connectivity index (χ3v) is 5.18. The Morgan fingerprint density at radius 3 is 2.48 bits per heavy atom. The van der Waals surface area contributed by atoms with Crippen LogP contribution in [0.25, 0.3) is 11.4 Å². The van der Waals surface area contributed by atoms with Gasteiger partial charge in [0.05, 0.1) is 11.3 Å². The number of nitrogens with zero attached hydrogens (tertiary/aromatic N) is 3. The summed E-state index contributed by atoms with van der Waals surface area (Å²) in [6.07, 6.45) is 0. The minimum absolute atomic E-state index is 0.119. The monoisotopic (exact) mass is 412 g/mol. The van der Waals surface area contributed by atoms with E-state index in [1.165, 1.54) is 17.8 Å². The topological polar surface area (TPSA) is 59.8 Å². The molecule has 29 heavy (non-hydrogen) atoms. The van der Waals surface area contributed by atoms with Gasteiger partial charge in [0.25, 0.3) is 0 Å². The molecule has 7 heteroatoms. The van der Waals surface area contributed by atoms with Crippen molar-refractivity contribution < 1.29 is 9.18 Å². The van der Waals surface area contributed by atoms with E-state index in [4.69, 9.17) is 0 Å². The fourth-order valence-electron chi connectivity index (χ4n) is 3.14. The number of hydrogen-bond acceptors (Lipinski definition) is 4. The quantitative estimate of drug-likeness (QED) is 0.549. The van der Waals surface area contributed by atoms with Gasteiger partial charge in [0.1, 0.15) is 5.82 Å². The molecule has 0 aliphatic rings. The van der Waals surface area contributed by atoms with E-state index in [9.17, 15) is 9.18 Å². The molecular formula is C22H25FN4OS. The summed E-state index contributed by atoms with van der Waals surface area (Å²) in [4.78, 5) is 12.4. The van der Waals surface area contributed by atoms with Crippen LogP contribution < -0.4 is 5.32 Å². The summed E-state index contributed by atoms with van der Waals surface area (Å²) in [6.45, 7) is 8.78. The predicted molar refractivity (Wildman–Crippen MR) is 116 cm³/mol. The lowest BCUT2D eigenvalue weighted by atomic mass is 10.1. The van der Waals surface area contributed by atoms with Crippen LogP contribution in [0.1, 0.15) is 25.0 Å². The summed E-state index contributed by atoms with van der Waals surface area (Å²) in [7, 11) is 0. The average Bonchev–Trinajstić information content (AvgIpc) is 3.01. The fraction of sp³-hybridized carbons (Fsp3) is 0.318. The Morgan fingerprint density at radius 2 is 1.83 bits per heavy atom. The molecule has 0 spiro atoms. The maximum atomic E-state index is 14.3. The number of halogens is 1. The van der Waals surface area contributed by atoms with Gasteiger partial charge in [-0.2, -0.15) is 0 Å². The number of rotatable bonds is 7. The van der Waals surface area contributed by atoms with E-state index in [-0.39, 0.29) is 17.5 Å². The van der Waals surface area contributed by atoms with Crippen molar-refractivity contribution in [1.82, 2.24) is 14.8 Å². The van der Waals surface area contributed by atoms with E-state index in [2.05, 4.69) is 35.4 Å². The lowest BCUT2D eigenvalue weighted by Crippen LogP contribution is -2.15. The molecule has 0 unspecified atom stereocenters. The van der Waals surface area contributed by atoms with Crippen LogP contribution in [0.15, 0.2) is 47.6 Å². The van der Waals surface area contributed by atoms with Crippen molar-refractivity contribution in [3.05, 3.63) is 59.4 Å². The molecule has 0 radical (unpaired) electrons. The minimum Gasteiger partial charge on any atom is -0.325 e. The Hall–Kier alpha value is -2.67. The Labute approximate surface area is 174 Å². The van der Waals surface area contributed by atoms with Gasteiger partial charge in [-0.15, -0.1) is 10.2 Å². The van der Waals surface area contributed by atoms with Gasteiger partial charge in [-0.3, -0.25) is 4.79 Å². The molecule has 5 nitrogen and oxygen atoms in total. The molecule has 2 aromatic carbocycles. The average molecular weight is 413 g/mol. The Morgan fingerprint density at radius 1 is 1.14 bits per heavy atom. The van der Waals surface area contributed by atoms with Crippen LogP contribution in [-0.2, 0) is 11.3 Å². The van der Waals surface area contributed by atoms with Crippen molar-refractivity contribution in [2.75, 3.05) is 11.1 Å². The highest BCUT2D eigenvalue weighted by atomic mass is 32.2. The number of benzene rings is 2. The van der Waals surface area contributed by atoms with Crippen LogP contribution in [0.5, 0.6) is 0 Å². The first-order chi connectivity index (χ1) is 13.8. The molecule has 1 amide bonds. The third kappa shape index (κ3) is 5.44. The molecule has 1 heterocycles. The Balaban J connectivity index is 1.76. The normalized spacial score (nSPS) is 11.1.